The van der Waals surface area contributed by atoms with Crippen LogP contribution in [0, 0.1) is 5.82 Å². The lowest BCUT2D eigenvalue weighted by Gasteiger charge is -2.14. The van der Waals surface area contributed by atoms with E-state index in [1.807, 2.05) is 0 Å². The molecule has 3 rings (SSSR count). The number of halogens is 1. The number of carbonyl (C=O) groups excluding carboxylic acids is 1. The van der Waals surface area contributed by atoms with Crippen molar-refractivity contribution in [1.82, 2.24) is 5.32 Å². The number of benzene rings is 2. The van der Waals surface area contributed by atoms with Crippen LogP contribution in [0.3, 0.4) is 0 Å². The summed E-state index contributed by atoms with van der Waals surface area (Å²) >= 11 is 1.26. The van der Waals surface area contributed by atoms with E-state index in [0.717, 1.165) is 4.70 Å². The van der Waals surface area contributed by atoms with Gasteiger partial charge in [-0.3, -0.25) is 4.79 Å². The predicted molar refractivity (Wildman–Crippen MR) is 95.5 cm³/mol. The summed E-state index contributed by atoms with van der Waals surface area (Å²) in [4.78, 5) is 12.9. The predicted octanol–water partition coefficient (Wildman–Crippen LogP) is 3.18. The van der Waals surface area contributed by atoms with Gasteiger partial charge in [-0.25, -0.2) is 17.9 Å². The van der Waals surface area contributed by atoms with Gasteiger partial charge in [0.1, 0.15) is 5.82 Å². The van der Waals surface area contributed by atoms with E-state index in [2.05, 4.69) is 5.32 Å². The van der Waals surface area contributed by atoms with Crippen molar-refractivity contribution in [3.05, 3.63) is 64.8 Å². The van der Waals surface area contributed by atoms with Crippen LogP contribution in [0.1, 0.15) is 28.2 Å². The molecule has 0 bridgehead atoms. The molecule has 3 N–H and O–H groups in total. The van der Waals surface area contributed by atoms with Crippen LogP contribution < -0.4 is 10.5 Å². The normalized spacial score (nSPS) is 12.9. The lowest BCUT2D eigenvalue weighted by atomic mass is 10.1. The number of fused-ring (bicyclic) bond motifs is 1. The first-order valence-corrected chi connectivity index (χ1v) is 9.73. The van der Waals surface area contributed by atoms with Crippen molar-refractivity contribution >= 4 is 37.4 Å². The van der Waals surface area contributed by atoms with Crippen molar-refractivity contribution in [1.29, 1.82) is 0 Å². The third-order valence-electron chi connectivity index (χ3n) is 3.74. The molecule has 1 atom stereocenters. The Morgan fingerprint density at radius 1 is 1.20 bits per heavy atom. The molecule has 2 aromatic carbocycles. The monoisotopic (exact) mass is 378 g/mol. The van der Waals surface area contributed by atoms with E-state index in [-0.39, 0.29) is 16.6 Å². The molecule has 0 saturated heterocycles. The smallest absolute Gasteiger partial charge is 0.261 e. The number of thiophene rings is 1. The minimum absolute atomic E-state index is 0.0107. The van der Waals surface area contributed by atoms with Gasteiger partial charge in [0.2, 0.25) is 10.0 Å². The molecule has 0 unspecified atom stereocenters. The number of nitrogens with one attached hydrogen (secondary N) is 1. The molecule has 1 aromatic heterocycles. The molecule has 3 aromatic rings. The lowest BCUT2D eigenvalue weighted by Crippen LogP contribution is -2.26. The van der Waals surface area contributed by atoms with E-state index in [9.17, 15) is 17.6 Å². The number of amides is 1. The van der Waals surface area contributed by atoms with E-state index in [1.165, 1.54) is 35.6 Å². The Kier molecular flexibility index (Phi) is 4.59. The summed E-state index contributed by atoms with van der Waals surface area (Å²) in [5.41, 5.74) is 0.618. The van der Waals surface area contributed by atoms with Crippen molar-refractivity contribution in [3.63, 3.8) is 0 Å². The Bertz CT molecular complexity index is 1060. The van der Waals surface area contributed by atoms with Gasteiger partial charge in [-0.05, 0) is 54.3 Å². The zero-order valence-corrected chi connectivity index (χ0v) is 14.8. The number of nitrogens with two attached hydrogens (primary N) is 1. The number of hydrogen-bond donors (Lipinski definition) is 2. The van der Waals surface area contributed by atoms with Gasteiger partial charge in [0, 0.05) is 4.70 Å². The van der Waals surface area contributed by atoms with E-state index in [0.29, 0.717) is 15.8 Å². The second-order valence-electron chi connectivity index (χ2n) is 5.61. The molecule has 8 heteroatoms. The SMILES string of the molecule is C[C@H](NC(=O)c1cc2cc(F)ccc2s1)c1cccc(S(N)(=O)=O)c1. The topological polar surface area (TPSA) is 89.3 Å². The van der Waals surface area contributed by atoms with Crippen LogP contribution in [0.25, 0.3) is 10.1 Å². The standard InChI is InChI=1S/C17H15FN2O3S2/c1-10(11-3-2-4-14(8-11)25(19,22)23)20-17(21)16-9-12-7-13(18)5-6-15(12)24-16/h2-10H,1H3,(H,20,21)(H2,19,22,23)/t10-/m0/s1. The van der Waals surface area contributed by atoms with Crippen LogP contribution in [-0.2, 0) is 10.0 Å². The van der Waals surface area contributed by atoms with Gasteiger partial charge in [-0.2, -0.15) is 0 Å². The van der Waals surface area contributed by atoms with Crippen molar-refractivity contribution in [3.8, 4) is 0 Å². The fourth-order valence-electron chi connectivity index (χ4n) is 2.44. The van der Waals surface area contributed by atoms with Crippen molar-refractivity contribution < 1.29 is 17.6 Å². The molecule has 0 saturated carbocycles. The highest BCUT2D eigenvalue weighted by atomic mass is 32.2. The summed E-state index contributed by atoms with van der Waals surface area (Å²) in [5, 5.41) is 8.60. The Balaban J connectivity index is 1.82. The fraction of sp³-hybridized carbons (Fsp3) is 0.118. The summed E-state index contributed by atoms with van der Waals surface area (Å²) in [6.07, 6.45) is 0. The first-order chi connectivity index (χ1) is 11.7. The van der Waals surface area contributed by atoms with Gasteiger partial charge in [-0.15, -0.1) is 11.3 Å². The summed E-state index contributed by atoms with van der Waals surface area (Å²) in [5.74, 6) is -0.666. The van der Waals surface area contributed by atoms with Crippen molar-refractivity contribution in [2.24, 2.45) is 5.14 Å². The molecule has 0 fully saturated rings. The summed E-state index contributed by atoms with van der Waals surface area (Å²) in [7, 11) is -3.81. The number of hydrogen-bond acceptors (Lipinski definition) is 4. The summed E-state index contributed by atoms with van der Waals surface area (Å²) in [6.45, 7) is 1.74. The molecule has 0 spiro atoms. The zero-order chi connectivity index (χ0) is 18.2. The molecule has 0 aliphatic heterocycles. The van der Waals surface area contributed by atoms with Crippen LogP contribution in [0.15, 0.2) is 53.4 Å². The first-order valence-electron chi connectivity index (χ1n) is 7.37. The Morgan fingerprint density at radius 2 is 1.96 bits per heavy atom. The van der Waals surface area contributed by atoms with Crippen LogP contribution in [0.4, 0.5) is 4.39 Å². The van der Waals surface area contributed by atoms with E-state index < -0.39 is 16.1 Å². The number of sulfonamides is 1. The van der Waals surface area contributed by atoms with Crippen molar-refractivity contribution in [2.75, 3.05) is 0 Å². The zero-order valence-electron chi connectivity index (χ0n) is 13.2. The van der Waals surface area contributed by atoms with Gasteiger partial charge in [0.15, 0.2) is 0 Å². The Labute approximate surface area is 148 Å². The maximum absolute atomic E-state index is 13.3. The lowest BCUT2D eigenvalue weighted by molar-refractivity contribution is 0.0944. The maximum atomic E-state index is 13.3. The highest BCUT2D eigenvalue weighted by Crippen LogP contribution is 2.27. The summed E-state index contributed by atoms with van der Waals surface area (Å²) < 4.78 is 37.0. The van der Waals surface area contributed by atoms with Gasteiger partial charge in [0.25, 0.3) is 5.91 Å². The summed E-state index contributed by atoms with van der Waals surface area (Å²) in [6, 6.07) is 11.7. The van der Waals surface area contributed by atoms with Gasteiger partial charge in [-0.1, -0.05) is 12.1 Å². The van der Waals surface area contributed by atoms with E-state index in [1.54, 1.807) is 31.2 Å². The maximum Gasteiger partial charge on any atom is 0.261 e. The molecular formula is C17H15FN2O3S2. The Hall–Kier alpha value is -2.29. The number of carbonyl (C=O) groups is 1. The minimum Gasteiger partial charge on any atom is -0.345 e. The van der Waals surface area contributed by atoms with Gasteiger partial charge in [0.05, 0.1) is 15.8 Å². The molecular weight excluding hydrogens is 363 g/mol. The van der Waals surface area contributed by atoms with E-state index >= 15 is 0 Å². The quantitative estimate of drug-likeness (QED) is 0.731. The molecule has 1 heterocycles. The highest BCUT2D eigenvalue weighted by molar-refractivity contribution is 7.89. The minimum atomic E-state index is -3.81. The van der Waals surface area contributed by atoms with Crippen LogP contribution in [0.5, 0.6) is 0 Å². The highest BCUT2D eigenvalue weighted by Gasteiger charge is 2.16. The molecule has 5 nitrogen and oxygen atoms in total. The van der Waals surface area contributed by atoms with Crippen LogP contribution in [0.2, 0.25) is 0 Å². The van der Waals surface area contributed by atoms with E-state index in [4.69, 9.17) is 5.14 Å². The number of primary sulfonamides is 1. The molecule has 25 heavy (non-hydrogen) atoms. The van der Waals surface area contributed by atoms with Gasteiger partial charge >= 0.3 is 0 Å². The Morgan fingerprint density at radius 3 is 2.68 bits per heavy atom. The molecule has 0 radical (unpaired) electrons. The average Bonchev–Trinajstić information content (AvgIpc) is 2.97. The molecule has 0 aliphatic rings. The van der Waals surface area contributed by atoms with Crippen molar-refractivity contribution in [2.45, 2.75) is 17.9 Å². The van der Waals surface area contributed by atoms with Crippen LogP contribution in [-0.4, -0.2) is 14.3 Å². The third kappa shape index (κ3) is 3.87. The second-order valence-corrected chi connectivity index (χ2v) is 8.25. The largest absolute Gasteiger partial charge is 0.345 e. The number of rotatable bonds is 4. The molecule has 0 aliphatic carbocycles. The molecule has 130 valence electrons. The first kappa shape index (κ1) is 17.5. The van der Waals surface area contributed by atoms with Gasteiger partial charge < -0.3 is 5.32 Å². The third-order valence-corrected chi connectivity index (χ3v) is 5.76. The average molecular weight is 378 g/mol. The molecule has 1 amide bonds. The van der Waals surface area contributed by atoms with Crippen LogP contribution >= 0.6 is 11.3 Å². The fourth-order valence-corrected chi connectivity index (χ4v) is 3.95. The second kappa shape index (κ2) is 6.55.